The molecule has 3 aromatic rings. The van der Waals surface area contributed by atoms with Gasteiger partial charge in [0.1, 0.15) is 0 Å². The number of nitrogens with zero attached hydrogens (tertiary/aromatic N) is 2. The molecule has 3 rings (SSSR count). The molecule has 8 heteroatoms. The number of primary sulfonamides is 1. The van der Waals surface area contributed by atoms with Crippen molar-refractivity contribution in [3.05, 3.63) is 83.7 Å². The van der Waals surface area contributed by atoms with E-state index in [0.717, 1.165) is 5.56 Å². The molecule has 0 aliphatic carbocycles. The number of hydrogen-bond donors (Lipinski definition) is 2. The van der Waals surface area contributed by atoms with Gasteiger partial charge in [-0.15, -0.1) is 0 Å². The Morgan fingerprint density at radius 1 is 1.08 bits per heavy atom. The number of amides is 1. The van der Waals surface area contributed by atoms with Gasteiger partial charge in [0, 0.05) is 12.7 Å². The van der Waals surface area contributed by atoms with Gasteiger partial charge in [0.2, 0.25) is 10.0 Å². The number of rotatable bonds is 6. The molecule has 0 aliphatic heterocycles. The summed E-state index contributed by atoms with van der Waals surface area (Å²) in [6.45, 7) is 0.760. The SMILES string of the molecule is NS(=O)(=O)c1cccc(CNC(=O)c2cnn(Cc3ccccc3)c2)c1. The highest BCUT2D eigenvalue weighted by molar-refractivity contribution is 7.89. The summed E-state index contributed by atoms with van der Waals surface area (Å²) in [6.07, 6.45) is 3.17. The van der Waals surface area contributed by atoms with Gasteiger partial charge < -0.3 is 5.32 Å². The summed E-state index contributed by atoms with van der Waals surface area (Å²) < 4.78 is 24.4. The van der Waals surface area contributed by atoms with Crippen LogP contribution in [0.5, 0.6) is 0 Å². The number of aromatic nitrogens is 2. The highest BCUT2D eigenvalue weighted by atomic mass is 32.2. The highest BCUT2D eigenvalue weighted by Gasteiger charge is 2.11. The number of carbonyl (C=O) groups excluding carboxylic acids is 1. The molecule has 0 spiro atoms. The molecule has 134 valence electrons. The van der Waals surface area contributed by atoms with Crippen molar-refractivity contribution in [2.45, 2.75) is 18.0 Å². The Morgan fingerprint density at radius 3 is 2.54 bits per heavy atom. The van der Waals surface area contributed by atoms with Crippen molar-refractivity contribution in [3.63, 3.8) is 0 Å². The molecule has 0 unspecified atom stereocenters. The van der Waals surface area contributed by atoms with Gasteiger partial charge in [0.15, 0.2) is 0 Å². The largest absolute Gasteiger partial charge is 0.348 e. The van der Waals surface area contributed by atoms with E-state index in [-0.39, 0.29) is 17.3 Å². The fourth-order valence-corrected chi connectivity index (χ4v) is 3.04. The van der Waals surface area contributed by atoms with Crippen molar-refractivity contribution in [2.75, 3.05) is 0 Å². The zero-order valence-electron chi connectivity index (χ0n) is 13.9. The topological polar surface area (TPSA) is 107 Å². The minimum absolute atomic E-state index is 0.0138. The van der Waals surface area contributed by atoms with E-state index in [1.54, 1.807) is 23.0 Å². The van der Waals surface area contributed by atoms with Crippen LogP contribution < -0.4 is 10.5 Å². The van der Waals surface area contributed by atoms with E-state index in [0.29, 0.717) is 17.7 Å². The third-order valence-electron chi connectivity index (χ3n) is 3.76. The van der Waals surface area contributed by atoms with E-state index in [4.69, 9.17) is 5.14 Å². The monoisotopic (exact) mass is 370 g/mol. The molecule has 0 atom stereocenters. The lowest BCUT2D eigenvalue weighted by Crippen LogP contribution is -2.22. The van der Waals surface area contributed by atoms with Gasteiger partial charge in [0.05, 0.1) is 23.2 Å². The van der Waals surface area contributed by atoms with Gasteiger partial charge in [-0.05, 0) is 23.3 Å². The van der Waals surface area contributed by atoms with Crippen LogP contribution in [-0.4, -0.2) is 24.1 Å². The molecule has 3 N–H and O–H groups in total. The molecule has 0 saturated heterocycles. The summed E-state index contributed by atoms with van der Waals surface area (Å²) in [5.74, 6) is -0.287. The van der Waals surface area contributed by atoms with E-state index < -0.39 is 10.0 Å². The van der Waals surface area contributed by atoms with Crippen LogP contribution in [0.15, 0.2) is 71.9 Å². The number of sulfonamides is 1. The van der Waals surface area contributed by atoms with Gasteiger partial charge in [-0.2, -0.15) is 5.10 Å². The lowest BCUT2D eigenvalue weighted by Gasteiger charge is -2.05. The minimum atomic E-state index is -3.77. The van der Waals surface area contributed by atoms with Gasteiger partial charge in [-0.25, -0.2) is 13.6 Å². The van der Waals surface area contributed by atoms with Gasteiger partial charge in [0.25, 0.3) is 5.91 Å². The highest BCUT2D eigenvalue weighted by Crippen LogP contribution is 2.10. The maximum absolute atomic E-state index is 12.3. The predicted molar refractivity (Wildman–Crippen MR) is 96.8 cm³/mol. The van der Waals surface area contributed by atoms with Gasteiger partial charge in [-0.3, -0.25) is 9.48 Å². The number of carbonyl (C=O) groups is 1. The second-order valence-corrected chi connectivity index (χ2v) is 7.35. The van der Waals surface area contributed by atoms with E-state index in [1.807, 2.05) is 30.3 Å². The molecule has 7 nitrogen and oxygen atoms in total. The third kappa shape index (κ3) is 4.56. The fourth-order valence-electron chi connectivity index (χ4n) is 2.45. The summed E-state index contributed by atoms with van der Waals surface area (Å²) in [6, 6.07) is 16.0. The first-order valence-corrected chi connectivity index (χ1v) is 9.43. The number of benzene rings is 2. The van der Waals surface area contributed by atoms with Crippen LogP contribution in [0.3, 0.4) is 0 Å². The van der Waals surface area contributed by atoms with Crippen molar-refractivity contribution < 1.29 is 13.2 Å². The average Bonchev–Trinajstić information content (AvgIpc) is 3.09. The Bertz CT molecular complexity index is 1010. The van der Waals surface area contributed by atoms with Gasteiger partial charge >= 0.3 is 0 Å². The second-order valence-electron chi connectivity index (χ2n) is 5.79. The van der Waals surface area contributed by atoms with Crippen LogP contribution in [0, 0.1) is 0 Å². The summed E-state index contributed by atoms with van der Waals surface area (Å²) in [4.78, 5) is 12.3. The van der Waals surface area contributed by atoms with E-state index >= 15 is 0 Å². The average molecular weight is 370 g/mol. The predicted octanol–water partition coefficient (Wildman–Crippen LogP) is 1.51. The molecule has 2 aromatic carbocycles. The quantitative estimate of drug-likeness (QED) is 0.686. The first-order valence-electron chi connectivity index (χ1n) is 7.88. The molecule has 1 amide bonds. The Balaban J connectivity index is 1.62. The minimum Gasteiger partial charge on any atom is -0.348 e. The maximum atomic E-state index is 12.3. The lowest BCUT2D eigenvalue weighted by atomic mass is 10.2. The fraction of sp³-hybridized carbons (Fsp3) is 0.111. The molecular formula is C18H18N4O3S. The first-order chi connectivity index (χ1) is 12.4. The first kappa shape index (κ1) is 17.8. The normalized spacial score (nSPS) is 11.3. The zero-order valence-corrected chi connectivity index (χ0v) is 14.7. The lowest BCUT2D eigenvalue weighted by molar-refractivity contribution is 0.0951. The number of nitrogens with one attached hydrogen (secondary N) is 1. The van der Waals surface area contributed by atoms with Crippen molar-refractivity contribution in [2.24, 2.45) is 5.14 Å². The molecular weight excluding hydrogens is 352 g/mol. The molecule has 26 heavy (non-hydrogen) atoms. The Kier molecular flexibility index (Phi) is 5.15. The van der Waals surface area contributed by atoms with E-state index in [1.165, 1.54) is 18.3 Å². The smallest absolute Gasteiger partial charge is 0.254 e. The van der Waals surface area contributed by atoms with Crippen molar-refractivity contribution in [1.29, 1.82) is 0 Å². The Hall–Kier alpha value is -2.97. The molecule has 0 bridgehead atoms. The second kappa shape index (κ2) is 7.51. The Labute approximate surface area is 151 Å². The molecule has 0 fully saturated rings. The molecule has 1 aromatic heterocycles. The van der Waals surface area contributed by atoms with Crippen LogP contribution in [0.1, 0.15) is 21.5 Å². The summed E-state index contributed by atoms with van der Waals surface area (Å²) in [7, 11) is -3.77. The summed E-state index contributed by atoms with van der Waals surface area (Å²) >= 11 is 0. The van der Waals surface area contributed by atoms with Crippen molar-refractivity contribution >= 4 is 15.9 Å². The van der Waals surface area contributed by atoms with E-state index in [9.17, 15) is 13.2 Å². The summed E-state index contributed by atoms with van der Waals surface area (Å²) in [5.41, 5.74) is 2.16. The van der Waals surface area contributed by atoms with Crippen molar-refractivity contribution in [3.8, 4) is 0 Å². The van der Waals surface area contributed by atoms with E-state index in [2.05, 4.69) is 10.4 Å². The molecule has 0 saturated carbocycles. The molecule has 0 radical (unpaired) electrons. The van der Waals surface area contributed by atoms with Crippen molar-refractivity contribution in [1.82, 2.24) is 15.1 Å². The summed E-state index contributed by atoms with van der Waals surface area (Å²) in [5, 5.41) is 12.0. The third-order valence-corrected chi connectivity index (χ3v) is 4.67. The molecule has 0 aliphatic rings. The Morgan fingerprint density at radius 2 is 1.81 bits per heavy atom. The number of nitrogens with two attached hydrogens (primary N) is 1. The van der Waals surface area contributed by atoms with Crippen LogP contribution in [0.25, 0.3) is 0 Å². The zero-order chi connectivity index (χ0) is 18.6. The standard InChI is InChI=1S/C18H18N4O3S/c19-26(24,25)17-8-4-7-15(9-17)10-20-18(23)16-11-21-22(13-16)12-14-5-2-1-3-6-14/h1-9,11,13H,10,12H2,(H,20,23)(H2,19,24,25). The van der Waals surface area contributed by atoms with Gasteiger partial charge in [-0.1, -0.05) is 42.5 Å². The van der Waals surface area contributed by atoms with Crippen LogP contribution in [-0.2, 0) is 23.1 Å². The number of hydrogen-bond acceptors (Lipinski definition) is 4. The van der Waals surface area contributed by atoms with Crippen LogP contribution >= 0.6 is 0 Å². The van der Waals surface area contributed by atoms with Crippen LogP contribution in [0.4, 0.5) is 0 Å². The molecule has 1 heterocycles. The maximum Gasteiger partial charge on any atom is 0.254 e. The van der Waals surface area contributed by atoms with Crippen LogP contribution in [0.2, 0.25) is 0 Å².